The quantitative estimate of drug-likeness (QED) is 0.155. The highest BCUT2D eigenvalue weighted by atomic mass is 16.3. The van der Waals surface area contributed by atoms with E-state index in [9.17, 15) is 5.48 Å². The zero-order valence-electron chi connectivity index (χ0n) is 34.4. The Balaban J connectivity index is 1.11. The molecule has 0 spiro atoms. The van der Waals surface area contributed by atoms with Crippen molar-refractivity contribution in [1.82, 2.24) is 0 Å². The van der Waals surface area contributed by atoms with Gasteiger partial charge in [0, 0.05) is 33.4 Å². The van der Waals surface area contributed by atoms with Crippen molar-refractivity contribution in [1.29, 1.82) is 0 Å². The van der Waals surface area contributed by atoms with Gasteiger partial charge in [0.2, 0.25) is 0 Å². The summed E-state index contributed by atoms with van der Waals surface area (Å²) in [4.78, 5) is 1.83. The van der Waals surface area contributed by atoms with E-state index in [1.807, 2.05) is 114 Å². The normalized spacial score (nSPS) is 12.2. The van der Waals surface area contributed by atoms with E-state index >= 15 is 0 Å². The molecular weight excluding hydrogens is 679 g/mol. The summed E-state index contributed by atoms with van der Waals surface area (Å²) >= 11 is 0. The minimum atomic E-state index is -0.153. The molecule has 0 aliphatic heterocycles. The maximum Gasteiger partial charge on any atom is 0.143 e. The third kappa shape index (κ3) is 6.24. The summed E-state index contributed by atoms with van der Waals surface area (Å²) in [5, 5.41) is 1.79. The van der Waals surface area contributed by atoms with Crippen LogP contribution in [-0.4, -0.2) is 0 Å². The summed E-state index contributed by atoms with van der Waals surface area (Å²) in [6.45, 7) is 0. The van der Waals surface area contributed by atoms with Crippen molar-refractivity contribution in [3.8, 4) is 55.6 Å². The molecule has 56 heavy (non-hydrogen) atoms. The van der Waals surface area contributed by atoms with Crippen molar-refractivity contribution in [2.45, 2.75) is 0 Å². The third-order valence-corrected chi connectivity index (χ3v) is 10.4. The fraction of sp³-hybridized carbons (Fsp3) is 0. The number of anilines is 3. The van der Waals surface area contributed by atoms with Gasteiger partial charge in [-0.15, -0.1) is 0 Å². The Morgan fingerprint density at radius 3 is 1.46 bits per heavy atom. The number of para-hydroxylation sites is 2. The maximum atomic E-state index is 9.55. The average molecular weight is 720 g/mol. The minimum absolute atomic E-state index is 0.145. The summed E-state index contributed by atoms with van der Waals surface area (Å²) in [6.07, 6.45) is 0. The van der Waals surface area contributed by atoms with E-state index in [-0.39, 0.29) is 35.4 Å². The number of rotatable bonds is 8. The van der Waals surface area contributed by atoms with Crippen molar-refractivity contribution < 1.29 is 9.90 Å². The molecule has 0 fully saturated rings. The Morgan fingerprint density at radius 1 is 0.321 bits per heavy atom. The second kappa shape index (κ2) is 14.4. The minimum Gasteiger partial charge on any atom is -0.455 e. The Labute approximate surface area is 332 Å². The van der Waals surface area contributed by atoms with E-state index in [4.69, 9.17) is 4.42 Å². The molecule has 0 N–H and O–H groups in total. The van der Waals surface area contributed by atoms with Crippen LogP contribution in [-0.2, 0) is 0 Å². The van der Waals surface area contributed by atoms with E-state index in [1.54, 1.807) is 0 Å². The molecule has 1 aromatic heterocycles. The Bertz CT molecular complexity index is 3130. The van der Waals surface area contributed by atoms with Crippen LogP contribution < -0.4 is 4.90 Å². The van der Waals surface area contributed by atoms with Crippen LogP contribution in [0.2, 0.25) is 0 Å². The fourth-order valence-corrected chi connectivity index (χ4v) is 7.59. The third-order valence-electron chi connectivity index (χ3n) is 10.4. The molecule has 10 aromatic rings. The summed E-state index contributed by atoms with van der Waals surface area (Å²) in [7, 11) is 0. The topological polar surface area (TPSA) is 16.4 Å². The van der Waals surface area contributed by atoms with Gasteiger partial charge in [0.15, 0.2) is 0 Å². The van der Waals surface area contributed by atoms with E-state index in [0.717, 1.165) is 55.3 Å². The monoisotopic (exact) mass is 719 g/mol. The summed E-state index contributed by atoms with van der Waals surface area (Å²) in [5.41, 5.74) is 12.2. The second-order valence-corrected chi connectivity index (χ2v) is 13.8. The van der Waals surface area contributed by atoms with Gasteiger partial charge < -0.3 is 9.32 Å². The smallest absolute Gasteiger partial charge is 0.143 e. The predicted octanol–water partition coefficient (Wildman–Crippen LogP) is 15.4. The molecule has 0 atom stereocenters. The van der Waals surface area contributed by atoms with Gasteiger partial charge in [-0.2, -0.15) is 0 Å². The number of nitrogens with zero attached hydrogens (tertiary/aromatic N) is 1. The summed E-state index contributed by atoms with van der Waals surface area (Å²) in [5.74, 6) is 0. The lowest BCUT2D eigenvalue weighted by Crippen LogP contribution is -2.09. The summed E-state index contributed by atoms with van der Waals surface area (Å²) < 4.78 is 44.3. The molecule has 0 saturated heterocycles. The molecule has 2 nitrogen and oxygen atoms in total. The first-order valence-corrected chi connectivity index (χ1v) is 18.8. The van der Waals surface area contributed by atoms with Crippen LogP contribution in [0.3, 0.4) is 0 Å². The van der Waals surface area contributed by atoms with E-state index < -0.39 is 0 Å². The van der Waals surface area contributed by atoms with Crippen molar-refractivity contribution in [2.24, 2.45) is 0 Å². The van der Waals surface area contributed by atoms with E-state index in [2.05, 4.69) is 91.0 Å². The lowest BCUT2D eigenvalue weighted by atomic mass is 9.91. The molecule has 2 heteroatoms. The predicted molar refractivity (Wildman–Crippen MR) is 236 cm³/mol. The molecule has 9 aromatic carbocycles. The van der Waals surface area contributed by atoms with Gasteiger partial charge in [-0.3, -0.25) is 0 Å². The van der Waals surface area contributed by atoms with Gasteiger partial charge in [-0.25, -0.2) is 0 Å². The van der Waals surface area contributed by atoms with Gasteiger partial charge in [-0.05, 0) is 98.6 Å². The highest BCUT2D eigenvalue weighted by Gasteiger charge is 2.17. The van der Waals surface area contributed by atoms with E-state index in [1.165, 1.54) is 0 Å². The molecule has 0 aliphatic rings. The van der Waals surface area contributed by atoms with Crippen LogP contribution in [0.5, 0.6) is 0 Å². The van der Waals surface area contributed by atoms with Gasteiger partial charge in [-0.1, -0.05) is 176 Å². The second-order valence-electron chi connectivity index (χ2n) is 13.8. The number of hydrogen-bond acceptors (Lipinski definition) is 2. The standard InChI is InChI=1S/C54H37NO/c1-4-13-38(14-5-1)39-23-30-45(31-24-39)55(47-34-27-43(28-35-47)49-20-12-21-51-50-19-10-11-22-53(50)56-54(49)51)46-32-25-40(26-33-46)44-29-36-48(41-15-6-2-7-16-41)52(37-44)42-17-8-3-9-18-42/h1-37H/i27D,28D,34D,35D. The van der Waals surface area contributed by atoms with Crippen LogP contribution in [0.4, 0.5) is 17.1 Å². The molecule has 264 valence electrons. The zero-order valence-corrected chi connectivity index (χ0v) is 30.4. The van der Waals surface area contributed by atoms with Crippen LogP contribution in [0, 0.1) is 0 Å². The molecular formula is C54H37NO. The fourth-order valence-electron chi connectivity index (χ4n) is 7.59. The molecule has 10 rings (SSSR count). The Kier molecular flexibility index (Phi) is 7.47. The average Bonchev–Trinajstić information content (AvgIpc) is 3.70. The highest BCUT2D eigenvalue weighted by molar-refractivity contribution is 6.09. The lowest BCUT2D eigenvalue weighted by molar-refractivity contribution is 0.670. The first kappa shape index (κ1) is 29.0. The Hall–Kier alpha value is -7.42. The number of furan rings is 1. The molecule has 0 radical (unpaired) electrons. The van der Waals surface area contributed by atoms with Gasteiger partial charge in [0.1, 0.15) is 11.2 Å². The van der Waals surface area contributed by atoms with Crippen molar-refractivity contribution in [3.63, 3.8) is 0 Å². The molecule has 0 bridgehead atoms. The van der Waals surface area contributed by atoms with Crippen LogP contribution in [0.15, 0.2) is 229 Å². The SMILES string of the molecule is [2H]c1c([2H])c(N(c2ccc(-c3ccccc3)cc2)c2ccc(-c3ccc(-c4ccccc4)c(-c4ccccc4)c3)cc2)c([2H])c([2H])c1-c1cccc2c1oc1ccccc12. The van der Waals surface area contributed by atoms with Crippen LogP contribution in [0.25, 0.3) is 77.6 Å². The van der Waals surface area contributed by atoms with Crippen molar-refractivity contribution in [3.05, 3.63) is 224 Å². The van der Waals surface area contributed by atoms with Crippen LogP contribution >= 0.6 is 0 Å². The van der Waals surface area contributed by atoms with E-state index in [0.29, 0.717) is 28.1 Å². The summed E-state index contributed by atoms with van der Waals surface area (Å²) in [6, 6.07) is 66.4. The first-order chi connectivity index (χ1) is 29.4. The maximum absolute atomic E-state index is 9.55. The zero-order chi connectivity index (χ0) is 40.7. The lowest BCUT2D eigenvalue weighted by Gasteiger charge is -2.26. The molecule has 0 saturated carbocycles. The first-order valence-electron chi connectivity index (χ1n) is 20.8. The molecule has 1 heterocycles. The molecule has 0 aliphatic carbocycles. The van der Waals surface area contributed by atoms with Crippen LogP contribution in [0.1, 0.15) is 5.48 Å². The largest absolute Gasteiger partial charge is 0.455 e. The van der Waals surface area contributed by atoms with Gasteiger partial charge >= 0.3 is 0 Å². The highest BCUT2D eigenvalue weighted by Crippen LogP contribution is 2.41. The molecule has 0 unspecified atom stereocenters. The van der Waals surface area contributed by atoms with Crippen molar-refractivity contribution >= 4 is 39.0 Å². The van der Waals surface area contributed by atoms with Gasteiger partial charge in [0.05, 0.1) is 5.48 Å². The molecule has 0 amide bonds. The van der Waals surface area contributed by atoms with Crippen molar-refractivity contribution in [2.75, 3.05) is 4.90 Å². The number of fused-ring (bicyclic) bond motifs is 3. The van der Waals surface area contributed by atoms with Gasteiger partial charge in [0.25, 0.3) is 0 Å². The number of benzene rings is 9. The Morgan fingerprint density at radius 2 is 0.821 bits per heavy atom. The number of hydrogen-bond donors (Lipinski definition) is 0.